The molecule has 0 unspecified atom stereocenters. The van der Waals surface area contributed by atoms with Crippen molar-refractivity contribution in [1.82, 2.24) is 0 Å². The lowest BCUT2D eigenvalue weighted by molar-refractivity contribution is -0.384. The van der Waals surface area contributed by atoms with Crippen LogP contribution in [0.1, 0.15) is 10.4 Å². The second-order valence-electron chi connectivity index (χ2n) is 4.66. The van der Waals surface area contributed by atoms with Crippen molar-refractivity contribution in [2.24, 2.45) is 0 Å². The van der Waals surface area contributed by atoms with E-state index in [0.717, 1.165) is 0 Å². The van der Waals surface area contributed by atoms with Gasteiger partial charge in [0.25, 0.3) is 5.69 Å². The standard InChI is InChI=1S/C17H11NO5/c19-17(23-13-9-7-12(8-10-13)18(20)21)15-5-2-1-4-14(15)16-6-3-11-22-16/h1-11H. The monoisotopic (exact) mass is 309 g/mol. The summed E-state index contributed by atoms with van der Waals surface area (Å²) in [5.74, 6) is 0.224. The van der Waals surface area contributed by atoms with Crippen molar-refractivity contribution >= 4 is 11.7 Å². The van der Waals surface area contributed by atoms with Crippen molar-refractivity contribution < 1.29 is 18.9 Å². The topological polar surface area (TPSA) is 82.6 Å². The molecule has 1 heterocycles. The average molecular weight is 309 g/mol. The van der Waals surface area contributed by atoms with Crippen LogP contribution in [0.5, 0.6) is 5.75 Å². The van der Waals surface area contributed by atoms with Gasteiger partial charge in [0.1, 0.15) is 11.5 Å². The van der Waals surface area contributed by atoms with Crippen molar-refractivity contribution in [1.29, 1.82) is 0 Å². The highest BCUT2D eigenvalue weighted by Crippen LogP contribution is 2.26. The summed E-state index contributed by atoms with van der Waals surface area (Å²) in [6, 6.07) is 15.7. The Morgan fingerprint density at radius 3 is 2.39 bits per heavy atom. The van der Waals surface area contributed by atoms with E-state index in [0.29, 0.717) is 16.9 Å². The third kappa shape index (κ3) is 3.11. The molecule has 0 fully saturated rings. The van der Waals surface area contributed by atoms with Crippen LogP contribution >= 0.6 is 0 Å². The third-order valence-corrected chi connectivity index (χ3v) is 3.19. The minimum Gasteiger partial charge on any atom is -0.464 e. The van der Waals surface area contributed by atoms with Crippen LogP contribution in [-0.4, -0.2) is 10.9 Å². The molecule has 0 aliphatic carbocycles. The smallest absolute Gasteiger partial charge is 0.344 e. The maximum atomic E-state index is 12.4. The first-order valence-electron chi connectivity index (χ1n) is 6.75. The molecule has 114 valence electrons. The fraction of sp³-hybridized carbons (Fsp3) is 0. The van der Waals surface area contributed by atoms with Gasteiger partial charge in [-0.05, 0) is 30.3 Å². The molecule has 3 rings (SSSR count). The molecule has 1 aromatic heterocycles. The number of hydrogen-bond donors (Lipinski definition) is 0. The Morgan fingerprint density at radius 2 is 1.74 bits per heavy atom. The van der Waals surface area contributed by atoms with Gasteiger partial charge in [-0.3, -0.25) is 10.1 Å². The Bertz CT molecular complexity index is 838. The second kappa shape index (κ2) is 6.15. The first-order valence-corrected chi connectivity index (χ1v) is 6.75. The quantitative estimate of drug-likeness (QED) is 0.314. The minimum atomic E-state index is -0.564. The fourth-order valence-corrected chi connectivity index (χ4v) is 2.11. The normalized spacial score (nSPS) is 10.3. The zero-order valence-electron chi connectivity index (χ0n) is 11.8. The van der Waals surface area contributed by atoms with E-state index in [-0.39, 0.29) is 11.4 Å². The summed E-state index contributed by atoms with van der Waals surface area (Å²) in [5.41, 5.74) is 0.894. The highest BCUT2D eigenvalue weighted by Gasteiger charge is 2.16. The molecule has 0 N–H and O–H groups in total. The molecule has 0 saturated heterocycles. The number of nitro benzene ring substituents is 1. The molecule has 0 bridgehead atoms. The molecule has 6 heteroatoms. The molecular formula is C17H11NO5. The van der Waals surface area contributed by atoms with Gasteiger partial charge in [-0.1, -0.05) is 18.2 Å². The molecule has 0 aliphatic rings. The molecule has 0 atom stereocenters. The lowest BCUT2D eigenvalue weighted by atomic mass is 10.1. The van der Waals surface area contributed by atoms with Gasteiger partial charge in [0, 0.05) is 17.7 Å². The summed E-state index contributed by atoms with van der Waals surface area (Å²) < 4.78 is 10.6. The lowest BCUT2D eigenvalue weighted by Crippen LogP contribution is -2.09. The molecule has 0 spiro atoms. The predicted octanol–water partition coefficient (Wildman–Crippen LogP) is 4.07. The average Bonchev–Trinajstić information content (AvgIpc) is 3.09. The van der Waals surface area contributed by atoms with Crippen LogP contribution < -0.4 is 4.74 Å². The summed E-state index contributed by atoms with van der Waals surface area (Å²) in [7, 11) is 0. The van der Waals surface area contributed by atoms with E-state index in [1.165, 1.54) is 30.5 Å². The number of hydrogen-bond acceptors (Lipinski definition) is 5. The van der Waals surface area contributed by atoms with Crippen LogP contribution in [-0.2, 0) is 0 Å². The van der Waals surface area contributed by atoms with Gasteiger partial charge in [-0.15, -0.1) is 0 Å². The van der Waals surface area contributed by atoms with Gasteiger partial charge in [0.15, 0.2) is 0 Å². The van der Waals surface area contributed by atoms with Crippen molar-refractivity contribution in [2.45, 2.75) is 0 Å². The predicted molar refractivity (Wildman–Crippen MR) is 82.2 cm³/mol. The second-order valence-corrected chi connectivity index (χ2v) is 4.66. The number of ether oxygens (including phenoxy) is 1. The Kier molecular flexibility index (Phi) is 3.88. The molecular weight excluding hydrogens is 298 g/mol. The van der Waals surface area contributed by atoms with Gasteiger partial charge in [0.2, 0.25) is 0 Å². The van der Waals surface area contributed by atoms with Crippen molar-refractivity contribution in [3.05, 3.63) is 82.6 Å². The number of non-ortho nitro benzene ring substituents is 1. The number of carbonyl (C=O) groups is 1. The Labute approximate surface area is 131 Å². The van der Waals surface area contributed by atoms with Crippen LogP contribution in [0.3, 0.4) is 0 Å². The highest BCUT2D eigenvalue weighted by atomic mass is 16.6. The van der Waals surface area contributed by atoms with E-state index < -0.39 is 10.9 Å². The van der Waals surface area contributed by atoms with Crippen LogP contribution in [0, 0.1) is 10.1 Å². The highest BCUT2D eigenvalue weighted by molar-refractivity contribution is 5.97. The maximum Gasteiger partial charge on any atom is 0.344 e. The first-order chi connectivity index (χ1) is 11.1. The van der Waals surface area contributed by atoms with E-state index in [1.807, 2.05) is 0 Å². The number of furan rings is 1. The maximum absolute atomic E-state index is 12.4. The lowest BCUT2D eigenvalue weighted by Gasteiger charge is -2.07. The van der Waals surface area contributed by atoms with Crippen molar-refractivity contribution in [3.8, 4) is 17.1 Å². The van der Waals surface area contributed by atoms with E-state index in [4.69, 9.17) is 9.15 Å². The van der Waals surface area contributed by atoms with Gasteiger partial charge >= 0.3 is 5.97 Å². The molecule has 0 radical (unpaired) electrons. The zero-order chi connectivity index (χ0) is 16.2. The molecule has 2 aromatic carbocycles. The van der Waals surface area contributed by atoms with Crippen LogP contribution in [0.2, 0.25) is 0 Å². The SMILES string of the molecule is O=C(Oc1ccc([N+](=O)[O-])cc1)c1ccccc1-c1ccco1. The van der Waals surface area contributed by atoms with Crippen LogP contribution in [0.4, 0.5) is 5.69 Å². The van der Waals surface area contributed by atoms with E-state index in [9.17, 15) is 14.9 Å². The summed E-state index contributed by atoms with van der Waals surface area (Å²) >= 11 is 0. The molecule has 0 aliphatic heterocycles. The summed E-state index contributed by atoms with van der Waals surface area (Å²) in [6.07, 6.45) is 1.52. The number of esters is 1. The third-order valence-electron chi connectivity index (χ3n) is 3.19. The van der Waals surface area contributed by atoms with Crippen LogP contribution in [0.25, 0.3) is 11.3 Å². The van der Waals surface area contributed by atoms with Crippen molar-refractivity contribution in [2.75, 3.05) is 0 Å². The molecule has 0 amide bonds. The van der Waals surface area contributed by atoms with Gasteiger partial charge in [-0.25, -0.2) is 4.79 Å². The van der Waals surface area contributed by atoms with Crippen LogP contribution in [0.15, 0.2) is 71.3 Å². The number of nitro groups is 1. The largest absolute Gasteiger partial charge is 0.464 e. The van der Waals surface area contributed by atoms with Gasteiger partial charge < -0.3 is 9.15 Å². The molecule has 6 nitrogen and oxygen atoms in total. The minimum absolute atomic E-state index is 0.0687. The van der Waals surface area contributed by atoms with E-state index in [1.54, 1.807) is 36.4 Å². The van der Waals surface area contributed by atoms with Crippen molar-refractivity contribution in [3.63, 3.8) is 0 Å². The Balaban J connectivity index is 1.85. The molecule has 3 aromatic rings. The Hall–Kier alpha value is -3.41. The number of benzene rings is 2. The summed E-state index contributed by atoms with van der Waals surface area (Å²) in [5, 5.41) is 10.6. The number of nitrogens with zero attached hydrogens (tertiary/aromatic N) is 1. The van der Waals surface area contributed by atoms with E-state index >= 15 is 0 Å². The van der Waals surface area contributed by atoms with Gasteiger partial charge in [0.05, 0.1) is 16.7 Å². The summed E-state index contributed by atoms with van der Waals surface area (Å²) in [6.45, 7) is 0. The molecule has 23 heavy (non-hydrogen) atoms. The fourth-order valence-electron chi connectivity index (χ4n) is 2.11. The summed E-state index contributed by atoms with van der Waals surface area (Å²) in [4.78, 5) is 22.5. The number of carbonyl (C=O) groups excluding carboxylic acids is 1. The Morgan fingerprint density at radius 1 is 1.00 bits per heavy atom. The zero-order valence-corrected chi connectivity index (χ0v) is 11.8. The first kappa shape index (κ1) is 14.5. The van der Waals surface area contributed by atoms with E-state index in [2.05, 4.69) is 0 Å². The molecule has 0 saturated carbocycles. The number of rotatable bonds is 4. The van der Waals surface area contributed by atoms with Gasteiger partial charge in [-0.2, -0.15) is 0 Å².